The van der Waals surface area contributed by atoms with E-state index in [1.807, 2.05) is 0 Å². The van der Waals surface area contributed by atoms with Crippen LogP contribution in [0.4, 0.5) is 0 Å². The van der Waals surface area contributed by atoms with Crippen LogP contribution >= 0.6 is 0 Å². The van der Waals surface area contributed by atoms with E-state index in [1.165, 1.54) is 89.9 Å². The number of rotatable bonds is 33. The molecule has 254 valence electrons. The average molecular weight is 615 g/mol. The van der Waals surface area contributed by atoms with E-state index in [0.717, 1.165) is 51.4 Å². The van der Waals surface area contributed by atoms with Gasteiger partial charge in [0.1, 0.15) is 6.10 Å². The van der Waals surface area contributed by atoms with Crippen molar-refractivity contribution in [3.8, 4) is 0 Å². The topological polar surface area (TPSA) is 55.8 Å². The van der Waals surface area contributed by atoms with Crippen LogP contribution in [0.1, 0.15) is 162 Å². The fraction of sp³-hybridized carbons (Fsp3) is 0.725. The molecule has 0 rings (SSSR count). The molecule has 0 aliphatic rings. The van der Waals surface area contributed by atoms with Crippen LogP contribution in [0.25, 0.3) is 0 Å². The Morgan fingerprint density at radius 3 is 1.55 bits per heavy atom. The highest BCUT2D eigenvalue weighted by Crippen LogP contribution is 2.12. The van der Waals surface area contributed by atoms with Crippen molar-refractivity contribution < 1.29 is 19.4 Å². The number of allylic oxidation sites excluding steroid dienone is 10. The van der Waals surface area contributed by atoms with Gasteiger partial charge in [-0.05, 0) is 57.8 Å². The molecule has 0 aromatic carbocycles. The maximum Gasteiger partial charge on any atom is 0.306 e. The van der Waals surface area contributed by atoms with Crippen molar-refractivity contribution in [2.75, 3.05) is 19.8 Å². The molecule has 0 fully saturated rings. The van der Waals surface area contributed by atoms with Gasteiger partial charge < -0.3 is 14.6 Å². The Kier molecular flexibility index (Phi) is 35.7. The second-order valence-electron chi connectivity index (χ2n) is 11.9. The molecule has 0 heterocycles. The van der Waals surface area contributed by atoms with Crippen molar-refractivity contribution in [2.45, 2.75) is 168 Å². The summed E-state index contributed by atoms with van der Waals surface area (Å²) in [6.07, 6.45) is 48.4. The summed E-state index contributed by atoms with van der Waals surface area (Å²) in [5, 5.41) is 9.51. The largest absolute Gasteiger partial charge is 0.457 e. The van der Waals surface area contributed by atoms with Gasteiger partial charge in [-0.25, -0.2) is 0 Å². The highest BCUT2D eigenvalue weighted by Gasteiger charge is 2.13. The molecule has 0 aromatic heterocycles. The molecule has 44 heavy (non-hydrogen) atoms. The maximum absolute atomic E-state index is 12.0. The van der Waals surface area contributed by atoms with E-state index >= 15 is 0 Å². The van der Waals surface area contributed by atoms with Crippen LogP contribution in [0, 0.1) is 0 Å². The van der Waals surface area contributed by atoms with Crippen LogP contribution in [0.15, 0.2) is 60.8 Å². The average Bonchev–Trinajstić information content (AvgIpc) is 3.03. The summed E-state index contributed by atoms with van der Waals surface area (Å²) in [5.74, 6) is -0.212. The number of hydrogen-bond donors (Lipinski definition) is 1. The SMILES string of the molecule is CC/C=C\C/C=C\C/C=C\C/C=C\C/C=C\CCCCCCCCCCOCC(CO)OC(=O)CCCCCCCCCC. The van der Waals surface area contributed by atoms with Crippen molar-refractivity contribution in [2.24, 2.45) is 0 Å². The van der Waals surface area contributed by atoms with Gasteiger partial charge in [0.25, 0.3) is 0 Å². The van der Waals surface area contributed by atoms with Gasteiger partial charge in [-0.15, -0.1) is 0 Å². The quantitative estimate of drug-likeness (QED) is 0.0454. The van der Waals surface area contributed by atoms with Crippen molar-refractivity contribution in [3.63, 3.8) is 0 Å². The van der Waals surface area contributed by atoms with Gasteiger partial charge >= 0.3 is 5.97 Å². The monoisotopic (exact) mass is 615 g/mol. The van der Waals surface area contributed by atoms with Gasteiger partial charge in [-0.3, -0.25) is 4.79 Å². The molecule has 4 nitrogen and oxygen atoms in total. The predicted octanol–water partition coefficient (Wildman–Crippen LogP) is 11.7. The molecule has 0 amide bonds. The van der Waals surface area contributed by atoms with E-state index in [9.17, 15) is 9.90 Å². The molecule has 1 atom stereocenters. The summed E-state index contributed by atoms with van der Waals surface area (Å²) in [4.78, 5) is 12.0. The molecule has 0 saturated heterocycles. The van der Waals surface area contributed by atoms with Gasteiger partial charge in [-0.2, -0.15) is 0 Å². The van der Waals surface area contributed by atoms with Gasteiger partial charge in [-0.1, -0.05) is 158 Å². The second-order valence-corrected chi connectivity index (χ2v) is 11.9. The Morgan fingerprint density at radius 1 is 0.568 bits per heavy atom. The zero-order chi connectivity index (χ0) is 32.0. The lowest BCUT2D eigenvalue weighted by atomic mass is 10.1. The minimum Gasteiger partial charge on any atom is -0.457 e. The minimum absolute atomic E-state index is 0.176. The summed E-state index contributed by atoms with van der Waals surface area (Å²) in [6.45, 7) is 5.17. The molecule has 0 aliphatic heterocycles. The van der Waals surface area contributed by atoms with Gasteiger partial charge in [0.05, 0.1) is 13.2 Å². The number of carbonyl (C=O) groups is 1. The normalized spacial score (nSPS) is 13.1. The van der Waals surface area contributed by atoms with Crippen LogP contribution in [0.2, 0.25) is 0 Å². The molecular weight excluding hydrogens is 544 g/mol. The summed E-state index contributed by atoms with van der Waals surface area (Å²) >= 11 is 0. The molecule has 4 heteroatoms. The summed E-state index contributed by atoms with van der Waals surface area (Å²) in [5.41, 5.74) is 0. The van der Waals surface area contributed by atoms with E-state index < -0.39 is 6.10 Å². The molecule has 1 unspecified atom stereocenters. The first-order chi connectivity index (χ1) is 21.7. The Labute approximate surface area is 273 Å². The number of unbranched alkanes of at least 4 members (excludes halogenated alkanes) is 15. The first kappa shape index (κ1) is 42.1. The lowest BCUT2D eigenvalue weighted by Crippen LogP contribution is -2.27. The number of carbonyl (C=O) groups excluding carboxylic acids is 1. The van der Waals surface area contributed by atoms with E-state index in [1.54, 1.807) is 0 Å². The van der Waals surface area contributed by atoms with Crippen LogP contribution in [-0.4, -0.2) is 37.0 Å². The van der Waals surface area contributed by atoms with Crippen molar-refractivity contribution in [3.05, 3.63) is 60.8 Å². The van der Waals surface area contributed by atoms with Crippen LogP contribution < -0.4 is 0 Å². The molecule has 1 N–H and O–H groups in total. The molecule has 0 radical (unpaired) electrons. The number of esters is 1. The van der Waals surface area contributed by atoms with Gasteiger partial charge in [0.15, 0.2) is 0 Å². The third kappa shape index (κ3) is 34.6. The summed E-state index contributed by atoms with van der Waals surface area (Å²) in [6, 6.07) is 0. The Morgan fingerprint density at radius 2 is 1.02 bits per heavy atom. The standard InChI is InChI=1S/C40H70O4/c1-3-5-7-9-11-13-14-15-16-17-18-19-20-21-22-23-24-25-26-27-28-30-32-34-36-43-38-39(37-41)44-40(42)35-33-31-29-12-10-8-6-4-2/h5,7,11,13,15-16,18-19,21-22,39,41H,3-4,6,8-10,12,14,17,20,23-38H2,1-2H3/b7-5-,13-11-,16-15-,19-18-,22-21-. The molecule has 0 bridgehead atoms. The Bertz CT molecular complexity index is 734. The highest BCUT2D eigenvalue weighted by molar-refractivity contribution is 5.69. The highest BCUT2D eigenvalue weighted by atomic mass is 16.6. The second kappa shape index (κ2) is 37.3. The van der Waals surface area contributed by atoms with Crippen LogP contribution in [0.5, 0.6) is 0 Å². The van der Waals surface area contributed by atoms with Gasteiger partial charge in [0.2, 0.25) is 0 Å². The third-order valence-electron chi connectivity index (χ3n) is 7.61. The smallest absolute Gasteiger partial charge is 0.306 e. The van der Waals surface area contributed by atoms with Crippen LogP contribution in [0.3, 0.4) is 0 Å². The van der Waals surface area contributed by atoms with Crippen LogP contribution in [-0.2, 0) is 14.3 Å². The first-order valence-electron chi connectivity index (χ1n) is 18.4. The Hall–Kier alpha value is -1.91. The number of ether oxygens (including phenoxy) is 2. The summed E-state index contributed by atoms with van der Waals surface area (Å²) < 4.78 is 11.1. The van der Waals surface area contributed by atoms with E-state index in [2.05, 4.69) is 74.6 Å². The molecule has 0 aromatic rings. The molecule has 0 saturated carbocycles. The Balaban J connectivity index is 3.47. The molecule has 0 spiro atoms. The van der Waals surface area contributed by atoms with Crippen molar-refractivity contribution >= 4 is 5.97 Å². The van der Waals surface area contributed by atoms with Crippen molar-refractivity contribution in [1.82, 2.24) is 0 Å². The van der Waals surface area contributed by atoms with E-state index in [4.69, 9.17) is 9.47 Å². The number of aliphatic hydroxyl groups excluding tert-OH is 1. The fourth-order valence-corrected chi connectivity index (χ4v) is 4.88. The maximum atomic E-state index is 12.0. The lowest BCUT2D eigenvalue weighted by Gasteiger charge is -2.16. The first-order valence-corrected chi connectivity index (χ1v) is 18.4. The predicted molar refractivity (Wildman–Crippen MR) is 191 cm³/mol. The van der Waals surface area contributed by atoms with E-state index in [0.29, 0.717) is 13.0 Å². The summed E-state index contributed by atoms with van der Waals surface area (Å²) in [7, 11) is 0. The number of hydrogen-bond acceptors (Lipinski definition) is 4. The molecular formula is C40H70O4. The van der Waals surface area contributed by atoms with Gasteiger partial charge in [0, 0.05) is 13.0 Å². The fourth-order valence-electron chi connectivity index (χ4n) is 4.88. The van der Waals surface area contributed by atoms with Crippen molar-refractivity contribution in [1.29, 1.82) is 0 Å². The lowest BCUT2D eigenvalue weighted by molar-refractivity contribution is -0.154. The number of aliphatic hydroxyl groups is 1. The zero-order valence-electron chi connectivity index (χ0n) is 28.9. The third-order valence-corrected chi connectivity index (χ3v) is 7.61. The minimum atomic E-state index is -0.536. The zero-order valence-corrected chi connectivity index (χ0v) is 28.9. The van der Waals surface area contributed by atoms with E-state index in [-0.39, 0.29) is 19.2 Å². The molecule has 0 aliphatic carbocycles.